The summed E-state index contributed by atoms with van der Waals surface area (Å²) in [4.78, 5) is 2.32. The second-order valence-corrected chi connectivity index (χ2v) is 6.14. The third kappa shape index (κ3) is 4.23. The van der Waals surface area contributed by atoms with Gasteiger partial charge in [-0.1, -0.05) is 37.9 Å². The number of rotatable bonds is 6. The first kappa shape index (κ1) is 16.0. The standard InChI is InChI=1S/C14H22BrClN2/c1-4-10(2)9-18(3)14(8-17)11-5-6-13(16)12(15)7-11/h5-7,10,14H,4,8-9,17H2,1-3H3. The van der Waals surface area contributed by atoms with Crippen molar-refractivity contribution in [3.05, 3.63) is 33.3 Å². The molecule has 0 spiro atoms. The number of likely N-dealkylation sites (N-methyl/N-ethyl adjacent to an activating group) is 1. The Hall–Kier alpha value is -0.0900. The van der Waals surface area contributed by atoms with Gasteiger partial charge in [-0.3, -0.25) is 4.90 Å². The van der Waals surface area contributed by atoms with Gasteiger partial charge >= 0.3 is 0 Å². The molecule has 0 aliphatic rings. The van der Waals surface area contributed by atoms with E-state index in [1.165, 1.54) is 12.0 Å². The first-order chi connectivity index (χ1) is 8.49. The maximum atomic E-state index is 6.02. The highest BCUT2D eigenvalue weighted by Gasteiger charge is 2.17. The Morgan fingerprint density at radius 3 is 2.61 bits per heavy atom. The third-order valence-corrected chi connectivity index (χ3v) is 4.59. The summed E-state index contributed by atoms with van der Waals surface area (Å²) < 4.78 is 0.928. The lowest BCUT2D eigenvalue weighted by Gasteiger charge is -2.29. The highest BCUT2D eigenvalue weighted by molar-refractivity contribution is 9.10. The fraction of sp³-hybridized carbons (Fsp3) is 0.571. The molecule has 2 nitrogen and oxygen atoms in total. The molecule has 2 atom stereocenters. The van der Waals surface area contributed by atoms with Gasteiger partial charge in [0.2, 0.25) is 0 Å². The molecule has 0 saturated heterocycles. The van der Waals surface area contributed by atoms with E-state index in [4.69, 9.17) is 17.3 Å². The summed E-state index contributed by atoms with van der Waals surface area (Å²) in [6.07, 6.45) is 1.19. The molecule has 2 unspecified atom stereocenters. The molecule has 1 aromatic carbocycles. The normalized spacial score (nSPS) is 14.8. The quantitative estimate of drug-likeness (QED) is 0.850. The summed E-state index contributed by atoms with van der Waals surface area (Å²) in [6, 6.07) is 6.28. The molecule has 0 heterocycles. The van der Waals surface area contributed by atoms with Crippen molar-refractivity contribution in [3.63, 3.8) is 0 Å². The largest absolute Gasteiger partial charge is 0.329 e. The summed E-state index contributed by atoms with van der Waals surface area (Å²) >= 11 is 9.49. The first-order valence-corrected chi connectivity index (χ1v) is 7.51. The molecule has 2 N–H and O–H groups in total. The van der Waals surface area contributed by atoms with Crippen LogP contribution in [0.5, 0.6) is 0 Å². The monoisotopic (exact) mass is 332 g/mol. The summed E-state index contributed by atoms with van der Waals surface area (Å²) in [6.45, 7) is 6.15. The number of halogens is 2. The molecule has 102 valence electrons. The zero-order valence-electron chi connectivity index (χ0n) is 11.3. The second kappa shape index (κ2) is 7.49. The fourth-order valence-electron chi connectivity index (χ4n) is 2.04. The summed E-state index contributed by atoms with van der Waals surface area (Å²) in [7, 11) is 2.13. The smallest absolute Gasteiger partial charge is 0.0548 e. The second-order valence-electron chi connectivity index (χ2n) is 4.88. The lowest BCUT2D eigenvalue weighted by Crippen LogP contribution is -2.33. The summed E-state index contributed by atoms with van der Waals surface area (Å²) in [5.74, 6) is 0.680. The van der Waals surface area contributed by atoms with Crippen molar-refractivity contribution >= 4 is 27.5 Å². The van der Waals surface area contributed by atoms with Gasteiger partial charge in [-0.25, -0.2) is 0 Å². The maximum Gasteiger partial charge on any atom is 0.0548 e. The van der Waals surface area contributed by atoms with Gasteiger partial charge in [0.25, 0.3) is 0 Å². The molecule has 0 saturated carbocycles. The van der Waals surface area contributed by atoms with Crippen molar-refractivity contribution < 1.29 is 0 Å². The molecule has 1 aromatic rings. The molecule has 0 amide bonds. The van der Waals surface area contributed by atoms with Crippen molar-refractivity contribution in [2.24, 2.45) is 11.7 Å². The Kier molecular flexibility index (Phi) is 6.64. The average molecular weight is 334 g/mol. The topological polar surface area (TPSA) is 29.3 Å². The number of nitrogens with two attached hydrogens (primary N) is 1. The van der Waals surface area contributed by atoms with Gasteiger partial charge in [-0.05, 0) is 46.6 Å². The van der Waals surface area contributed by atoms with Crippen LogP contribution in [0.15, 0.2) is 22.7 Å². The van der Waals surface area contributed by atoms with Crippen LogP contribution in [-0.2, 0) is 0 Å². The highest BCUT2D eigenvalue weighted by atomic mass is 79.9. The first-order valence-electron chi connectivity index (χ1n) is 6.34. The Balaban J connectivity index is 2.84. The van der Waals surface area contributed by atoms with Crippen LogP contribution < -0.4 is 5.73 Å². The van der Waals surface area contributed by atoms with Gasteiger partial charge in [-0.2, -0.15) is 0 Å². The van der Waals surface area contributed by atoms with E-state index >= 15 is 0 Å². The zero-order valence-corrected chi connectivity index (χ0v) is 13.6. The zero-order chi connectivity index (χ0) is 13.7. The van der Waals surface area contributed by atoms with E-state index in [1.807, 2.05) is 6.07 Å². The number of hydrogen-bond donors (Lipinski definition) is 1. The van der Waals surface area contributed by atoms with E-state index in [2.05, 4.69) is 53.9 Å². The van der Waals surface area contributed by atoms with Crippen molar-refractivity contribution in [1.29, 1.82) is 0 Å². The third-order valence-electron chi connectivity index (χ3n) is 3.38. The van der Waals surface area contributed by atoms with Crippen molar-refractivity contribution in [1.82, 2.24) is 4.90 Å². The van der Waals surface area contributed by atoms with Gasteiger partial charge < -0.3 is 5.73 Å². The number of nitrogens with zero attached hydrogens (tertiary/aromatic N) is 1. The Labute approximate surface area is 124 Å². The van der Waals surface area contributed by atoms with Gasteiger partial charge in [0.05, 0.1) is 5.02 Å². The van der Waals surface area contributed by atoms with E-state index in [0.29, 0.717) is 12.5 Å². The lowest BCUT2D eigenvalue weighted by atomic mass is 10.0. The summed E-state index contributed by atoms with van der Waals surface area (Å²) in [5.41, 5.74) is 7.13. The van der Waals surface area contributed by atoms with E-state index < -0.39 is 0 Å². The average Bonchev–Trinajstić information content (AvgIpc) is 2.34. The van der Waals surface area contributed by atoms with Crippen LogP contribution in [0.4, 0.5) is 0 Å². The molecule has 0 radical (unpaired) electrons. The van der Waals surface area contributed by atoms with Gasteiger partial charge in [0.1, 0.15) is 0 Å². The van der Waals surface area contributed by atoms with Gasteiger partial charge in [-0.15, -0.1) is 0 Å². The van der Waals surface area contributed by atoms with E-state index in [9.17, 15) is 0 Å². The highest BCUT2D eigenvalue weighted by Crippen LogP contribution is 2.28. The van der Waals surface area contributed by atoms with Crippen LogP contribution in [0.2, 0.25) is 5.02 Å². The molecule has 1 rings (SSSR count). The Bertz CT molecular complexity index is 384. The van der Waals surface area contributed by atoms with Crippen LogP contribution in [0.3, 0.4) is 0 Å². The molecule has 0 bridgehead atoms. The molecule has 0 aliphatic heterocycles. The predicted octanol–water partition coefficient (Wildman–Crippen LogP) is 4.08. The van der Waals surface area contributed by atoms with Crippen molar-refractivity contribution in [2.45, 2.75) is 26.3 Å². The minimum Gasteiger partial charge on any atom is -0.329 e. The molecule has 4 heteroatoms. The van der Waals surface area contributed by atoms with Crippen molar-refractivity contribution in [3.8, 4) is 0 Å². The number of benzene rings is 1. The molecule has 18 heavy (non-hydrogen) atoms. The lowest BCUT2D eigenvalue weighted by molar-refractivity contribution is 0.215. The van der Waals surface area contributed by atoms with Crippen LogP contribution in [0.1, 0.15) is 31.9 Å². The molecular formula is C14H22BrClN2. The molecule has 0 fully saturated rings. The Morgan fingerprint density at radius 1 is 1.44 bits per heavy atom. The minimum atomic E-state index is 0.243. The van der Waals surface area contributed by atoms with E-state index in [-0.39, 0.29) is 6.04 Å². The van der Waals surface area contributed by atoms with E-state index in [1.54, 1.807) is 0 Å². The molecule has 0 aliphatic carbocycles. The van der Waals surface area contributed by atoms with Crippen molar-refractivity contribution in [2.75, 3.05) is 20.1 Å². The predicted molar refractivity (Wildman–Crippen MR) is 83.0 cm³/mol. The van der Waals surface area contributed by atoms with Crippen LogP contribution >= 0.6 is 27.5 Å². The van der Waals surface area contributed by atoms with Crippen LogP contribution in [0.25, 0.3) is 0 Å². The maximum absolute atomic E-state index is 6.02. The Morgan fingerprint density at radius 2 is 2.11 bits per heavy atom. The summed E-state index contributed by atoms with van der Waals surface area (Å²) in [5, 5.41) is 0.735. The van der Waals surface area contributed by atoms with Crippen LogP contribution in [-0.4, -0.2) is 25.0 Å². The van der Waals surface area contributed by atoms with E-state index in [0.717, 1.165) is 16.0 Å². The van der Waals surface area contributed by atoms with Gasteiger partial charge in [0.15, 0.2) is 0 Å². The SMILES string of the molecule is CCC(C)CN(C)C(CN)c1ccc(Cl)c(Br)c1. The van der Waals surface area contributed by atoms with Crippen LogP contribution in [0, 0.1) is 5.92 Å². The van der Waals surface area contributed by atoms with Gasteiger partial charge in [0, 0.05) is 23.6 Å². The molecule has 0 aromatic heterocycles. The number of hydrogen-bond acceptors (Lipinski definition) is 2. The minimum absolute atomic E-state index is 0.243. The molecular weight excluding hydrogens is 312 g/mol. The fourth-order valence-corrected chi connectivity index (χ4v) is 2.55.